The van der Waals surface area contributed by atoms with Gasteiger partial charge in [0.25, 0.3) is 0 Å². The third-order valence-electron chi connectivity index (χ3n) is 4.18. The summed E-state index contributed by atoms with van der Waals surface area (Å²) < 4.78 is 7.54. The molecule has 0 saturated heterocycles. The van der Waals surface area contributed by atoms with Crippen LogP contribution in [0.25, 0.3) is 16.7 Å². The highest BCUT2D eigenvalue weighted by atomic mass is 16.5. The van der Waals surface area contributed by atoms with Gasteiger partial charge in [-0.25, -0.2) is 14.6 Å². The summed E-state index contributed by atoms with van der Waals surface area (Å²) in [5, 5.41) is 11.3. The van der Waals surface area contributed by atoms with Crippen LogP contribution in [0.4, 0.5) is 11.5 Å². The zero-order valence-corrected chi connectivity index (χ0v) is 15.9. The van der Waals surface area contributed by atoms with E-state index in [0.717, 1.165) is 16.7 Å². The van der Waals surface area contributed by atoms with Gasteiger partial charge in [0.15, 0.2) is 5.65 Å². The van der Waals surface area contributed by atoms with Crippen LogP contribution >= 0.6 is 0 Å². The van der Waals surface area contributed by atoms with Crippen molar-refractivity contribution in [1.82, 2.24) is 19.7 Å². The van der Waals surface area contributed by atoms with E-state index in [-0.39, 0.29) is 5.91 Å². The van der Waals surface area contributed by atoms with Crippen molar-refractivity contribution in [2.45, 2.75) is 6.92 Å². The van der Waals surface area contributed by atoms with Crippen molar-refractivity contribution in [2.24, 2.45) is 0 Å². The minimum absolute atomic E-state index is 0.118. The fourth-order valence-electron chi connectivity index (χ4n) is 2.95. The molecule has 0 atom stereocenters. The largest absolute Gasteiger partial charge is 0.492 e. The molecule has 0 spiro atoms. The molecule has 0 radical (unpaired) electrons. The highest BCUT2D eigenvalue weighted by Crippen LogP contribution is 2.21. The maximum atomic E-state index is 11.2. The van der Waals surface area contributed by atoms with E-state index in [1.807, 2.05) is 48.5 Å². The number of nitrogens with zero attached hydrogens (tertiary/aromatic N) is 4. The van der Waals surface area contributed by atoms with Crippen LogP contribution in [-0.4, -0.2) is 38.8 Å². The molecule has 0 aliphatic carbocycles. The van der Waals surface area contributed by atoms with Crippen LogP contribution in [0.3, 0.4) is 0 Å². The molecule has 2 heterocycles. The normalized spacial score (nSPS) is 10.7. The Morgan fingerprint density at radius 2 is 1.97 bits per heavy atom. The number of amides is 1. The average Bonchev–Trinajstić information content (AvgIpc) is 3.17. The average molecular weight is 388 g/mol. The highest BCUT2D eigenvalue weighted by molar-refractivity contribution is 5.89. The van der Waals surface area contributed by atoms with Gasteiger partial charge in [0.05, 0.1) is 23.8 Å². The number of hydrogen-bond donors (Lipinski definition) is 2. The van der Waals surface area contributed by atoms with Crippen molar-refractivity contribution < 1.29 is 9.53 Å². The summed E-state index contributed by atoms with van der Waals surface area (Å²) in [4.78, 5) is 19.9. The van der Waals surface area contributed by atoms with E-state index in [1.165, 1.54) is 13.3 Å². The summed E-state index contributed by atoms with van der Waals surface area (Å²) in [6, 6.07) is 17.1. The predicted octanol–water partition coefficient (Wildman–Crippen LogP) is 3.26. The van der Waals surface area contributed by atoms with Crippen LogP contribution < -0.4 is 15.4 Å². The molecule has 0 aliphatic rings. The first-order valence-electron chi connectivity index (χ1n) is 9.19. The molecule has 8 nitrogen and oxygen atoms in total. The van der Waals surface area contributed by atoms with Crippen LogP contribution in [0.1, 0.15) is 6.92 Å². The van der Waals surface area contributed by atoms with Gasteiger partial charge in [-0.15, -0.1) is 0 Å². The van der Waals surface area contributed by atoms with Gasteiger partial charge in [-0.3, -0.25) is 4.79 Å². The number of hydrogen-bond acceptors (Lipinski definition) is 6. The van der Waals surface area contributed by atoms with E-state index in [9.17, 15) is 4.79 Å². The molecule has 8 heteroatoms. The van der Waals surface area contributed by atoms with Gasteiger partial charge in [0, 0.05) is 18.7 Å². The molecule has 4 rings (SSSR count). The van der Waals surface area contributed by atoms with Crippen molar-refractivity contribution in [3.8, 4) is 11.4 Å². The van der Waals surface area contributed by atoms with E-state index < -0.39 is 0 Å². The van der Waals surface area contributed by atoms with E-state index >= 15 is 0 Å². The molecule has 0 aliphatic heterocycles. The van der Waals surface area contributed by atoms with Gasteiger partial charge in [0.1, 0.15) is 24.5 Å². The molecular formula is C21H20N6O2. The van der Waals surface area contributed by atoms with Gasteiger partial charge < -0.3 is 15.4 Å². The molecular weight excluding hydrogens is 368 g/mol. The fourth-order valence-corrected chi connectivity index (χ4v) is 2.95. The monoisotopic (exact) mass is 388 g/mol. The van der Waals surface area contributed by atoms with Crippen LogP contribution in [0, 0.1) is 0 Å². The number of carbonyl (C=O) groups is 1. The Kier molecular flexibility index (Phi) is 5.33. The second-order valence-corrected chi connectivity index (χ2v) is 6.34. The Morgan fingerprint density at radius 1 is 1.10 bits per heavy atom. The SMILES string of the molecule is CC(=O)Nc1cccc(OCCNc2ncnc3c2cnn3-c2ccccc2)c1. The second kappa shape index (κ2) is 8.39. The van der Waals surface area contributed by atoms with Crippen molar-refractivity contribution in [3.05, 3.63) is 67.1 Å². The van der Waals surface area contributed by atoms with Gasteiger partial charge in [-0.2, -0.15) is 5.10 Å². The van der Waals surface area contributed by atoms with Crippen molar-refractivity contribution >= 4 is 28.4 Å². The number of anilines is 2. The van der Waals surface area contributed by atoms with E-state index in [1.54, 1.807) is 16.9 Å². The maximum absolute atomic E-state index is 11.2. The summed E-state index contributed by atoms with van der Waals surface area (Å²) in [6.45, 7) is 2.45. The highest BCUT2D eigenvalue weighted by Gasteiger charge is 2.10. The summed E-state index contributed by atoms with van der Waals surface area (Å²) in [7, 11) is 0. The third-order valence-corrected chi connectivity index (χ3v) is 4.18. The molecule has 2 aromatic carbocycles. The van der Waals surface area contributed by atoms with Gasteiger partial charge in [-0.05, 0) is 24.3 Å². The lowest BCUT2D eigenvalue weighted by atomic mass is 10.3. The molecule has 2 aromatic heterocycles. The van der Waals surface area contributed by atoms with Crippen molar-refractivity contribution in [1.29, 1.82) is 0 Å². The van der Waals surface area contributed by atoms with Crippen molar-refractivity contribution in [3.63, 3.8) is 0 Å². The third kappa shape index (κ3) is 4.32. The fraction of sp³-hybridized carbons (Fsp3) is 0.143. The Morgan fingerprint density at radius 3 is 2.79 bits per heavy atom. The molecule has 146 valence electrons. The molecule has 29 heavy (non-hydrogen) atoms. The summed E-state index contributed by atoms with van der Waals surface area (Å²) in [5.74, 6) is 1.27. The van der Waals surface area contributed by atoms with Gasteiger partial charge in [-0.1, -0.05) is 24.3 Å². The standard InChI is InChI=1S/C21H20N6O2/c1-15(28)26-16-6-5-9-18(12-16)29-11-10-22-20-19-13-25-27(21(19)24-14-23-20)17-7-3-2-4-8-17/h2-9,12-14H,10-11H2,1H3,(H,26,28)(H,22,23,24). The lowest BCUT2D eigenvalue weighted by Crippen LogP contribution is -2.13. The molecule has 0 fully saturated rings. The molecule has 0 unspecified atom stereocenters. The summed E-state index contributed by atoms with van der Waals surface area (Å²) in [6.07, 6.45) is 3.27. The first kappa shape index (κ1) is 18.4. The molecule has 1 amide bonds. The number of rotatable bonds is 7. The Labute approximate surface area is 167 Å². The van der Waals surface area contributed by atoms with E-state index in [2.05, 4.69) is 25.7 Å². The van der Waals surface area contributed by atoms with Crippen LogP contribution in [-0.2, 0) is 4.79 Å². The first-order valence-corrected chi connectivity index (χ1v) is 9.19. The van der Waals surface area contributed by atoms with Crippen LogP contribution in [0.15, 0.2) is 67.1 Å². The number of para-hydroxylation sites is 1. The first-order chi connectivity index (χ1) is 14.2. The van der Waals surface area contributed by atoms with E-state index in [0.29, 0.717) is 30.4 Å². The lowest BCUT2D eigenvalue weighted by molar-refractivity contribution is -0.114. The zero-order chi connectivity index (χ0) is 20.1. The Hall–Kier alpha value is -3.94. The Balaban J connectivity index is 1.41. The van der Waals surface area contributed by atoms with Gasteiger partial charge >= 0.3 is 0 Å². The second-order valence-electron chi connectivity index (χ2n) is 6.34. The number of aromatic nitrogens is 4. The smallest absolute Gasteiger partial charge is 0.221 e. The quantitative estimate of drug-likeness (QED) is 0.472. The molecule has 2 N–H and O–H groups in total. The number of benzene rings is 2. The topological polar surface area (TPSA) is 94.0 Å². The number of ether oxygens (including phenoxy) is 1. The van der Waals surface area contributed by atoms with Crippen LogP contribution in [0.5, 0.6) is 5.75 Å². The lowest BCUT2D eigenvalue weighted by Gasteiger charge is -2.10. The number of nitrogens with one attached hydrogen (secondary N) is 2. The molecule has 0 bridgehead atoms. The van der Waals surface area contributed by atoms with Crippen molar-refractivity contribution in [2.75, 3.05) is 23.8 Å². The minimum atomic E-state index is -0.118. The number of carbonyl (C=O) groups excluding carboxylic acids is 1. The molecule has 0 saturated carbocycles. The zero-order valence-electron chi connectivity index (χ0n) is 15.9. The number of fused-ring (bicyclic) bond motifs is 1. The van der Waals surface area contributed by atoms with E-state index in [4.69, 9.17) is 4.74 Å². The van der Waals surface area contributed by atoms with Crippen LogP contribution in [0.2, 0.25) is 0 Å². The predicted molar refractivity (Wildman–Crippen MR) is 111 cm³/mol. The summed E-state index contributed by atoms with van der Waals surface area (Å²) >= 11 is 0. The summed E-state index contributed by atoms with van der Waals surface area (Å²) in [5.41, 5.74) is 2.38. The van der Waals surface area contributed by atoms with Gasteiger partial charge in [0.2, 0.25) is 5.91 Å². The molecule has 4 aromatic rings. The minimum Gasteiger partial charge on any atom is -0.492 e. The maximum Gasteiger partial charge on any atom is 0.221 e. The Bertz CT molecular complexity index is 1130.